The zero-order valence-electron chi connectivity index (χ0n) is 25.1. The van der Waals surface area contributed by atoms with Crippen LogP contribution in [0.1, 0.15) is 57.7 Å². The lowest BCUT2D eigenvalue weighted by molar-refractivity contribution is -0.173. The van der Waals surface area contributed by atoms with Gasteiger partial charge in [0.1, 0.15) is 23.9 Å². The van der Waals surface area contributed by atoms with E-state index in [2.05, 4.69) is 49.3 Å². The number of ether oxygens (including phenoxy) is 4. The Morgan fingerprint density at radius 1 is 1.05 bits per heavy atom. The predicted octanol–water partition coefficient (Wildman–Crippen LogP) is 6.60. The predicted molar refractivity (Wildman–Crippen MR) is 160 cm³/mol. The van der Waals surface area contributed by atoms with E-state index < -0.39 is 18.2 Å². The third-order valence-corrected chi connectivity index (χ3v) is 7.56. The van der Waals surface area contributed by atoms with E-state index in [0.29, 0.717) is 23.7 Å². The summed E-state index contributed by atoms with van der Waals surface area (Å²) >= 11 is 0. The molecule has 1 unspecified atom stereocenters. The van der Waals surface area contributed by atoms with Crippen molar-refractivity contribution in [2.75, 3.05) is 23.9 Å². The van der Waals surface area contributed by atoms with Gasteiger partial charge in [-0.15, -0.1) is 0 Å². The number of aryl methyl sites for hydroxylation is 1. The van der Waals surface area contributed by atoms with Gasteiger partial charge < -0.3 is 24.3 Å². The first kappa shape index (κ1) is 29.5. The van der Waals surface area contributed by atoms with E-state index in [1.807, 2.05) is 24.3 Å². The highest BCUT2D eigenvalue weighted by atomic mass is 16.8. The lowest BCUT2D eigenvalue weighted by Crippen LogP contribution is -2.33. The van der Waals surface area contributed by atoms with Crippen molar-refractivity contribution in [3.8, 4) is 11.5 Å². The van der Waals surface area contributed by atoms with Crippen molar-refractivity contribution in [3.05, 3.63) is 77.5 Å². The average molecular weight is 574 g/mol. The molecule has 2 amide bonds. The first-order valence-corrected chi connectivity index (χ1v) is 14.3. The Hall–Kier alpha value is -3.95. The minimum atomic E-state index is -0.799. The van der Waals surface area contributed by atoms with Crippen LogP contribution in [0.4, 0.5) is 16.3 Å². The van der Waals surface area contributed by atoms with E-state index >= 15 is 0 Å². The summed E-state index contributed by atoms with van der Waals surface area (Å²) in [4.78, 5) is 31.4. The van der Waals surface area contributed by atoms with Gasteiger partial charge in [0.2, 0.25) is 12.2 Å². The lowest BCUT2D eigenvalue weighted by atomic mass is 9.83. The molecule has 9 heteroatoms. The van der Waals surface area contributed by atoms with Crippen LogP contribution in [0.3, 0.4) is 0 Å². The number of aromatic nitrogens is 1. The Kier molecular flexibility index (Phi) is 8.25. The van der Waals surface area contributed by atoms with Crippen molar-refractivity contribution in [1.82, 2.24) is 4.98 Å². The molecule has 3 aromatic rings. The fraction of sp³-hybridized carbons (Fsp3) is 0.424. The maximum Gasteiger partial charge on any atom is 0.417 e. The quantitative estimate of drug-likeness (QED) is 0.355. The Bertz CT molecular complexity index is 1460. The van der Waals surface area contributed by atoms with Crippen LogP contribution in [-0.4, -0.2) is 42.7 Å². The zero-order valence-corrected chi connectivity index (χ0v) is 25.1. The molecule has 1 saturated heterocycles. The second-order valence-electron chi connectivity index (χ2n) is 12.3. The van der Waals surface area contributed by atoms with E-state index in [-0.39, 0.29) is 23.8 Å². The molecule has 1 N–H and O–H groups in total. The number of hydrogen-bond acceptors (Lipinski definition) is 7. The smallest absolute Gasteiger partial charge is 0.417 e. The van der Waals surface area contributed by atoms with Gasteiger partial charge >= 0.3 is 6.09 Å². The van der Waals surface area contributed by atoms with Crippen LogP contribution in [-0.2, 0) is 37.3 Å². The summed E-state index contributed by atoms with van der Waals surface area (Å²) in [7, 11) is 1.57. The van der Waals surface area contributed by atoms with Crippen LogP contribution in [0.5, 0.6) is 11.5 Å². The molecule has 42 heavy (non-hydrogen) atoms. The van der Waals surface area contributed by atoms with Gasteiger partial charge in [0, 0.05) is 30.9 Å². The number of hydrogen-bond donors (Lipinski definition) is 1. The van der Waals surface area contributed by atoms with Crippen molar-refractivity contribution in [3.63, 3.8) is 0 Å². The molecule has 1 aliphatic heterocycles. The molecule has 1 aromatic heterocycles. The Morgan fingerprint density at radius 2 is 1.83 bits per heavy atom. The van der Waals surface area contributed by atoms with Gasteiger partial charge in [-0.25, -0.2) is 9.78 Å². The van der Waals surface area contributed by atoms with E-state index in [9.17, 15) is 9.59 Å². The van der Waals surface area contributed by atoms with E-state index in [0.717, 1.165) is 24.1 Å². The first-order chi connectivity index (χ1) is 19.9. The lowest BCUT2D eigenvalue weighted by Gasteiger charge is -2.25. The van der Waals surface area contributed by atoms with E-state index in [4.69, 9.17) is 18.9 Å². The number of benzene rings is 2. The standard InChI is InChI=1S/C33H39N3O6/c1-32(2,3)24-8-7-9-25(18-24)35-30(37)22-11-10-21-12-13-26(17-23(21)16-22)40-27-14-15-34-28(19-27)36(6)31(38)41-29-20-39-33(4,5)42-29/h7-9,12-15,17-19,22,29H,10-11,16,20H2,1-6H3,(H,35,37)/t22?,29-/m0/s1. The summed E-state index contributed by atoms with van der Waals surface area (Å²) in [5.74, 6) is 0.634. The summed E-state index contributed by atoms with van der Waals surface area (Å²) in [5.41, 5.74) is 4.33. The molecule has 2 heterocycles. The number of nitrogens with one attached hydrogen (secondary N) is 1. The normalized spacial score (nSPS) is 19.5. The summed E-state index contributed by atoms with van der Waals surface area (Å²) in [6, 6.07) is 17.4. The number of carbonyl (C=O) groups is 2. The molecular formula is C33H39N3O6. The number of fused-ring (bicyclic) bond motifs is 1. The molecule has 2 aromatic carbocycles. The zero-order chi connectivity index (χ0) is 30.1. The van der Waals surface area contributed by atoms with Crippen LogP contribution < -0.4 is 15.0 Å². The van der Waals surface area contributed by atoms with Gasteiger partial charge in [-0.05, 0) is 85.5 Å². The van der Waals surface area contributed by atoms with Gasteiger partial charge in [-0.1, -0.05) is 39.0 Å². The summed E-state index contributed by atoms with van der Waals surface area (Å²) in [5, 5.41) is 3.13. The van der Waals surface area contributed by atoms with Gasteiger partial charge in [-0.3, -0.25) is 9.69 Å². The molecular weight excluding hydrogens is 534 g/mol. The van der Waals surface area contributed by atoms with Crippen molar-refractivity contribution < 1.29 is 28.5 Å². The van der Waals surface area contributed by atoms with Gasteiger partial charge in [0.25, 0.3) is 0 Å². The molecule has 0 spiro atoms. The number of carbonyl (C=O) groups excluding carboxylic acids is 2. The molecule has 2 aliphatic rings. The first-order valence-electron chi connectivity index (χ1n) is 14.3. The SMILES string of the molecule is CN(C(=O)O[C@@H]1COC(C)(C)O1)c1cc(Oc2ccc3c(c2)CC(C(=O)Nc2cccc(C(C)(C)C)c2)CC3)ccn1. The third kappa shape index (κ3) is 7.09. The van der Waals surface area contributed by atoms with Gasteiger partial charge in [-0.2, -0.15) is 0 Å². The highest BCUT2D eigenvalue weighted by Gasteiger charge is 2.36. The van der Waals surface area contributed by atoms with Crippen LogP contribution in [0.15, 0.2) is 60.8 Å². The molecule has 1 fully saturated rings. The highest BCUT2D eigenvalue weighted by Crippen LogP contribution is 2.33. The van der Waals surface area contributed by atoms with Gasteiger partial charge in [0.05, 0.1) is 0 Å². The van der Waals surface area contributed by atoms with Gasteiger partial charge in [0.15, 0.2) is 5.79 Å². The third-order valence-electron chi connectivity index (χ3n) is 7.56. The maximum atomic E-state index is 13.2. The largest absolute Gasteiger partial charge is 0.457 e. The molecule has 9 nitrogen and oxygen atoms in total. The topological polar surface area (TPSA) is 99.2 Å². The van der Waals surface area contributed by atoms with Crippen LogP contribution in [0, 0.1) is 5.92 Å². The fourth-order valence-corrected chi connectivity index (χ4v) is 5.11. The van der Waals surface area contributed by atoms with E-state index in [1.54, 1.807) is 39.2 Å². The average Bonchev–Trinajstić information content (AvgIpc) is 3.29. The van der Waals surface area contributed by atoms with Crippen LogP contribution in [0.2, 0.25) is 0 Å². The minimum Gasteiger partial charge on any atom is -0.457 e. The monoisotopic (exact) mass is 573 g/mol. The summed E-state index contributed by atoms with van der Waals surface area (Å²) in [6.45, 7) is 10.2. The summed E-state index contributed by atoms with van der Waals surface area (Å²) in [6.07, 6.45) is 2.43. The highest BCUT2D eigenvalue weighted by molar-refractivity contribution is 5.93. The van der Waals surface area contributed by atoms with Crippen LogP contribution >= 0.6 is 0 Å². The molecule has 2 atom stereocenters. The van der Waals surface area contributed by atoms with Crippen molar-refractivity contribution in [2.45, 2.75) is 71.4 Å². The van der Waals surface area contributed by atoms with Crippen molar-refractivity contribution in [2.24, 2.45) is 5.92 Å². The Balaban J connectivity index is 1.22. The number of rotatable bonds is 6. The minimum absolute atomic E-state index is 0.00646. The van der Waals surface area contributed by atoms with E-state index in [1.165, 1.54) is 16.0 Å². The molecule has 0 saturated carbocycles. The molecule has 5 rings (SSSR count). The second-order valence-corrected chi connectivity index (χ2v) is 12.3. The number of anilines is 2. The Labute approximate surface area is 247 Å². The second kappa shape index (κ2) is 11.7. The van der Waals surface area contributed by atoms with Crippen molar-refractivity contribution >= 4 is 23.5 Å². The van der Waals surface area contributed by atoms with Crippen LogP contribution in [0.25, 0.3) is 0 Å². The molecule has 0 bridgehead atoms. The maximum absolute atomic E-state index is 13.2. The molecule has 1 aliphatic carbocycles. The fourth-order valence-electron chi connectivity index (χ4n) is 5.11. The summed E-state index contributed by atoms with van der Waals surface area (Å²) < 4.78 is 22.6. The number of amides is 2. The Morgan fingerprint density at radius 3 is 2.57 bits per heavy atom. The molecule has 222 valence electrons. The number of pyridine rings is 1. The molecule has 0 radical (unpaired) electrons. The van der Waals surface area contributed by atoms with Crippen molar-refractivity contribution in [1.29, 1.82) is 0 Å². The number of nitrogens with zero attached hydrogens (tertiary/aromatic N) is 2.